The van der Waals surface area contributed by atoms with Crippen LogP contribution in [0.15, 0.2) is 0 Å². The maximum atomic E-state index is 10.2. The normalized spacial score (nSPS) is 17.2. The molecule has 10 heavy (non-hydrogen) atoms. The third kappa shape index (κ3) is 5.29. The Kier molecular flexibility index (Phi) is 7.49. The molecule has 0 aliphatic heterocycles. The van der Waals surface area contributed by atoms with Crippen molar-refractivity contribution in [1.82, 2.24) is 0 Å². The van der Waals surface area contributed by atoms with Crippen molar-refractivity contribution in [1.29, 1.82) is 0 Å². The molecule has 0 aliphatic rings. The fourth-order valence-electron chi connectivity index (χ4n) is 0.249. The van der Waals surface area contributed by atoms with Gasteiger partial charge in [-0.25, -0.2) is 0 Å². The molecule has 58 valence electrons. The second-order valence-corrected chi connectivity index (χ2v) is 4.90. The van der Waals surface area contributed by atoms with Crippen LogP contribution in [0.2, 0.25) is 0 Å². The fourth-order valence-corrected chi connectivity index (χ4v) is 1.21. The van der Waals surface area contributed by atoms with Crippen molar-refractivity contribution < 1.29 is 44.0 Å². The van der Waals surface area contributed by atoms with E-state index in [0.29, 0.717) is 0 Å². The first kappa shape index (κ1) is 14.2. The van der Waals surface area contributed by atoms with Gasteiger partial charge in [-0.05, 0) is 0 Å². The molecule has 0 aromatic carbocycles. The van der Waals surface area contributed by atoms with Gasteiger partial charge in [-0.3, -0.25) is 4.55 Å². The topological polar surface area (TPSA) is 54.4 Å². The molecule has 2 unspecified atom stereocenters. The third-order valence-corrected chi connectivity index (χ3v) is 3.72. The molecule has 0 aliphatic carbocycles. The number of rotatable bonds is 2. The van der Waals surface area contributed by atoms with Gasteiger partial charge in [0.05, 0.1) is 0 Å². The number of hydrogen-bond donors (Lipinski definition) is 3. The van der Waals surface area contributed by atoms with Crippen molar-refractivity contribution in [2.75, 3.05) is 0 Å². The summed E-state index contributed by atoms with van der Waals surface area (Å²) in [7, 11) is -4.01. The molecule has 0 radical (unpaired) electrons. The van der Waals surface area contributed by atoms with Crippen LogP contribution in [0.25, 0.3) is 0 Å². The molecule has 0 spiro atoms. The van der Waals surface area contributed by atoms with Gasteiger partial charge in [0.15, 0.2) is 0 Å². The zero-order valence-corrected chi connectivity index (χ0v) is 10.3. The van der Waals surface area contributed by atoms with Crippen LogP contribution in [0.4, 0.5) is 0 Å². The molecule has 0 saturated heterocycles. The van der Waals surface area contributed by atoms with Crippen LogP contribution >= 0.6 is 25.3 Å². The van der Waals surface area contributed by atoms with Gasteiger partial charge in [0, 0.05) is 5.25 Å². The Morgan fingerprint density at radius 1 is 1.50 bits per heavy atom. The fraction of sp³-hybridized carbons (Fsp3) is 1.00. The Morgan fingerprint density at radius 3 is 1.80 bits per heavy atom. The Balaban J connectivity index is -0.000000320. The summed E-state index contributed by atoms with van der Waals surface area (Å²) in [5, 5.41) is -0.469. The number of hydrogen-bond acceptors (Lipinski definition) is 4. The second-order valence-electron chi connectivity index (χ2n) is 1.65. The van der Waals surface area contributed by atoms with E-state index < -0.39 is 20.0 Å². The summed E-state index contributed by atoms with van der Waals surface area (Å²) in [6, 6.07) is 0. The van der Waals surface area contributed by atoms with Crippen molar-refractivity contribution >= 4 is 35.4 Å². The van der Waals surface area contributed by atoms with Crippen LogP contribution in [-0.2, 0) is 10.1 Å². The maximum absolute atomic E-state index is 10.2. The van der Waals surface area contributed by atoms with E-state index in [2.05, 4.69) is 25.3 Å². The second kappa shape index (κ2) is 5.29. The summed E-state index contributed by atoms with van der Waals surface area (Å²) in [5.41, 5.74) is 0. The van der Waals surface area contributed by atoms with Gasteiger partial charge in [-0.1, -0.05) is 6.92 Å². The zero-order valence-electron chi connectivity index (χ0n) is 6.72. The Hall–Kier alpha value is 1.61. The van der Waals surface area contributed by atoms with Gasteiger partial charge >= 0.3 is 29.6 Å². The van der Waals surface area contributed by atoms with Crippen LogP contribution in [0, 0.1) is 0 Å². The van der Waals surface area contributed by atoms with Crippen molar-refractivity contribution in [3.8, 4) is 0 Å². The largest absolute Gasteiger partial charge is 1.00 e. The molecule has 0 saturated carbocycles. The molecule has 0 heterocycles. The van der Waals surface area contributed by atoms with Crippen molar-refractivity contribution in [2.24, 2.45) is 0 Å². The molecule has 7 heteroatoms. The zero-order chi connectivity index (χ0) is 7.65. The minimum absolute atomic E-state index is 0. The molecule has 0 bridgehead atoms. The van der Waals surface area contributed by atoms with E-state index in [1.807, 2.05) is 0 Å². The molecule has 0 amide bonds. The average molecular weight is 212 g/mol. The summed E-state index contributed by atoms with van der Waals surface area (Å²) in [6.07, 6.45) is 0. The maximum Gasteiger partial charge on any atom is 1.00 e. The first-order valence-corrected chi connectivity index (χ1v) is 4.71. The molecular formula is C3H9NaO3S3. The molecule has 0 aromatic rings. The quantitative estimate of drug-likeness (QED) is 0.271. The third-order valence-electron chi connectivity index (χ3n) is 0.718. The first-order chi connectivity index (χ1) is 3.85. The Labute approximate surface area is 95.3 Å². The summed E-state index contributed by atoms with van der Waals surface area (Å²) < 4.78 is 27.6. The minimum Gasteiger partial charge on any atom is -1.00 e. The van der Waals surface area contributed by atoms with Crippen molar-refractivity contribution in [2.45, 2.75) is 16.8 Å². The van der Waals surface area contributed by atoms with E-state index in [0.717, 1.165) is 0 Å². The monoisotopic (exact) mass is 212 g/mol. The van der Waals surface area contributed by atoms with Gasteiger partial charge in [0.2, 0.25) is 0 Å². The summed E-state index contributed by atoms with van der Waals surface area (Å²) in [4.78, 5) is 0. The molecular weight excluding hydrogens is 203 g/mol. The van der Waals surface area contributed by atoms with Crippen LogP contribution in [0.1, 0.15) is 8.35 Å². The van der Waals surface area contributed by atoms with E-state index in [9.17, 15) is 8.42 Å². The molecule has 0 aromatic heterocycles. The van der Waals surface area contributed by atoms with Crippen LogP contribution in [-0.4, -0.2) is 22.8 Å². The van der Waals surface area contributed by atoms with Gasteiger partial charge < -0.3 is 1.43 Å². The van der Waals surface area contributed by atoms with E-state index in [-0.39, 0.29) is 31.0 Å². The summed E-state index contributed by atoms with van der Waals surface area (Å²) in [6.45, 7) is 1.54. The minimum atomic E-state index is -4.01. The van der Waals surface area contributed by atoms with E-state index >= 15 is 0 Å². The molecule has 2 atom stereocenters. The standard InChI is InChI=1S/C3H8O3S3.Na.H/c1-2(7)3(8)9(4,5)6;;/h2-3,7-8H,1H3,(H,4,5,6);;/q;+1;-1. The van der Waals surface area contributed by atoms with Gasteiger partial charge in [0.25, 0.3) is 10.1 Å². The van der Waals surface area contributed by atoms with Crippen molar-refractivity contribution in [3.05, 3.63) is 0 Å². The Bertz CT molecular complexity index is 180. The predicted molar refractivity (Wildman–Crippen MR) is 43.9 cm³/mol. The SMILES string of the molecule is CC(S)C(S)S(=O)(=O)O.[H-].[Na+]. The van der Waals surface area contributed by atoms with Crippen molar-refractivity contribution in [3.63, 3.8) is 0 Å². The van der Waals surface area contributed by atoms with Crippen LogP contribution in [0.5, 0.6) is 0 Å². The summed E-state index contributed by atoms with van der Waals surface area (Å²) >= 11 is 7.36. The van der Waals surface area contributed by atoms with Crippen LogP contribution < -0.4 is 29.6 Å². The number of thiol groups is 2. The van der Waals surface area contributed by atoms with E-state index in [1.165, 1.54) is 6.92 Å². The molecule has 0 rings (SSSR count). The molecule has 3 nitrogen and oxygen atoms in total. The molecule has 0 fully saturated rings. The van der Waals surface area contributed by atoms with Gasteiger partial charge in [-0.15, -0.1) is 0 Å². The Morgan fingerprint density at radius 2 is 1.80 bits per heavy atom. The smallest absolute Gasteiger partial charge is 1.00 e. The average Bonchev–Trinajstić information content (AvgIpc) is 1.62. The predicted octanol–water partition coefficient (Wildman–Crippen LogP) is -2.44. The van der Waals surface area contributed by atoms with Gasteiger partial charge in [0.1, 0.15) is 4.58 Å². The summed E-state index contributed by atoms with van der Waals surface area (Å²) in [5.74, 6) is 0. The van der Waals surface area contributed by atoms with Crippen LogP contribution in [0.3, 0.4) is 0 Å². The van der Waals surface area contributed by atoms with Gasteiger partial charge in [-0.2, -0.15) is 33.7 Å². The van der Waals surface area contributed by atoms with E-state index in [4.69, 9.17) is 4.55 Å². The first-order valence-electron chi connectivity index (χ1n) is 2.18. The molecule has 1 N–H and O–H groups in total. The van der Waals surface area contributed by atoms with E-state index in [1.54, 1.807) is 0 Å².